The highest BCUT2D eigenvalue weighted by Crippen LogP contribution is 2.28. The van der Waals surface area contributed by atoms with E-state index in [9.17, 15) is 4.79 Å². The lowest BCUT2D eigenvalue weighted by atomic mass is 9.96. The molecule has 24 heavy (non-hydrogen) atoms. The molecule has 1 aliphatic carbocycles. The topological polar surface area (TPSA) is 74.8 Å². The van der Waals surface area contributed by atoms with Gasteiger partial charge in [0.1, 0.15) is 22.2 Å². The number of aryl methyl sites for hydroxylation is 2. The summed E-state index contributed by atoms with van der Waals surface area (Å²) in [6.07, 6.45) is 4.41. The van der Waals surface area contributed by atoms with E-state index in [1.807, 2.05) is 25.4 Å². The average molecular weight is 341 g/mol. The number of H-pyrrole nitrogens is 1. The maximum Gasteiger partial charge on any atom is 0.268 e. The van der Waals surface area contributed by atoms with Crippen LogP contribution in [0.3, 0.4) is 0 Å². The highest BCUT2D eigenvalue weighted by atomic mass is 32.1. The second-order valence-electron chi connectivity index (χ2n) is 6.23. The molecule has 1 N–H and O–H groups in total. The summed E-state index contributed by atoms with van der Waals surface area (Å²) in [7, 11) is 1.99. The summed E-state index contributed by atoms with van der Waals surface area (Å²) in [5, 5.41) is 1.89. The van der Waals surface area contributed by atoms with Crippen LogP contribution in [0.4, 0.5) is 5.82 Å². The fourth-order valence-corrected chi connectivity index (χ4v) is 4.03. The molecule has 1 aliphatic rings. The van der Waals surface area contributed by atoms with Crippen LogP contribution in [0.2, 0.25) is 0 Å². The standard InChI is InChI=1S/C17H19N5OS/c1-10-18-12-6-4-3-5-11(12)16(19-10)22(2)9-14-20-13-7-8-24-15(13)17(23)21-14/h7-8H,3-6,9H2,1-2H3,(H,20,21,23). The summed E-state index contributed by atoms with van der Waals surface area (Å²) in [5.41, 5.74) is 3.10. The van der Waals surface area contributed by atoms with Gasteiger partial charge in [0.25, 0.3) is 5.56 Å². The van der Waals surface area contributed by atoms with Gasteiger partial charge in [-0.05, 0) is 44.1 Å². The SMILES string of the molecule is Cc1nc2c(c(N(C)Cc3nc4ccsc4c(=O)[nH]3)n1)CCCC2. The molecule has 0 aliphatic heterocycles. The maximum atomic E-state index is 12.1. The van der Waals surface area contributed by atoms with Gasteiger partial charge >= 0.3 is 0 Å². The molecule has 0 radical (unpaired) electrons. The Hall–Kier alpha value is -2.28. The molecule has 3 heterocycles. The van der Waals surface area contributed by atoms with E-state index in [0.717, 1.165) is 30.0 Å². The van der Waals surface area contributed by atoms with Gasteiger partial charge in [0.2, 0.25) is 0 Å². The largest absolute Gasteiger partial charge is 0.352 e. The van der Waals surface area contributed by atoms with Gasteiger partial charge < -0.3 is 9.88 Å². The highest BCUT2D eigenvalue weighted by molar-refractivity contribution is 7.17. The summed E-state index contributed by atoms with van der Waals surface area (Å²) in [6, 6.07) is 1.88. The van der Waals surface area contributed by atoms with E-state index in [0.29, 0.717) is 17.1 Å². The summed E-state index contributed by atoms with van der Waals surface area (Å²) in [5.74, 6) is 2.42. The maximum absolute atomic E-state index is 12.1. The molecule has 0 spiro atoms. The van der Waals surface area contributed by atoms with E-state index >= 15 is 0 Å². The fraction of sp³-hybridized carbons (Fsp3) is 0.412. The number of aromatic amines is 1. The first-order valence-corrected chi connectivity index (χ1v) is 9.03. The van der Waals surface area contributed by atoms with Crippen LogP contribution in [0.15, 0.2) is 16.2 Å². The van der Waals surface area contributed by atoms with Gasteiger partial charge in [-0.3, -0.25) is 4.79 Å². The van der Waals surface area contributed by atoms with Crippen molar-refractivity contribution >= 4 is 27.4 Å². The predicted molar refractivity (Wildman–Crippen MR) is 95.8 cm³/mol. The second-order valence-corrected chi connectivity index (χ2v) is 7.15. The fourth-order valence-electron chi connectivity index (χ4n) is 3.31. The van der Waals surface area contributed by atoms with Crippen molar-refractivity contribution in [2.75, 3.05) is 11.9 Å². The Morgan fingerprint density at radius 1 is 1.25 bits per heavy atom. The van der Waals surface area contributed by atoms with E-state index in [-0.39, 0.29) is 5.56 Å². The Labute approximate surface area is 143 Å². The molecular formula is C17H19N5OS. The molecule has 0 aromatic carbocycles. The van der Waals surface area contributed by atoms with E-state index in [1.165, 1.54) is 35.4 Å². The van der Waals surface area contributed by atoms with Crippen LogP contribution in [-0.4, -0.2) is 27.0 Å². The molecule has 124 valence electrons. The molecule has 7 heteroatoms. The van der Waals surface area contributed by atoms with Crippen LogP contribution in [0.5, 0.6) is 0 Å². The van der Waals surface area contributed by atoms with Gasteiger partial charge in [0, 0.05) is 18.3 Å². The van der Waals surface area contributed by atoms with Gasteiger partial charge in [-0.15, -0.1) is 11.3 Å². The average Bonchev–Trinajstić information content (AvgIpc) is 3.03. The number of nitrogens with zero attached hydrogens (tertiary/aromatic N) is 4. The van der Waals surface area contributed by atoms with Crippen molar-refractivity contribution in [2.45, 2.75) is 39.2 Å². The van der Waals surface area contributed by atoms with Crippen LogP contribution < -0.4 is 10.5 Å². The smallest absolute Gasteiger partial charge is 0.268 e. The van der Waals surface area contributed by atoms with Crippen LogP contribution in [-0.2, 0) is 19.4 Å². The zero-order valence-electron chi connectivity index (χ0n) is 13.8. The van der Waals surface area contributed by atoms with Crippen molar-refractivity contribution in [1.82, 2.24) is 19.9 Å². The normalized spacial score (nSPS) is 13.9. The van der Waals surface area contributed by atoms with Crippen molar-refractivity contribution in [3.8, 4) is 0 Å². The molecule has 0 unspecified atom stereocenters. The van der Waals surface area contributed by atoms with Gasteiger partial charge in [-0.2, -0.15) is 0 Å². The molecule has 0 amide bonds. The number of thiophene rings is 1. The lowest BCUT2D eigenvalue weighted by Gasteiger charge is -2.25. The molecule has 3 aromatic heterocycles. The number of anilines is 1. The predicted octanol–water partition coefficient (Wildman–Crippen LogP) is 2.60. The number of hydrogen-bond acceptors (Lipinski definition) is 6. The number of aromatic nitrogens is 4. The number of rotatable bonds is 3. The third kappa shape index (κ3) is 2.69. The Morgan fingerprint density at radius 2 is 2.08 bits per heavy atom. The number of fused-ring (bicyclic) bond motifs is 2. The molecule has 3 aromatic rings. The highest BCUT2D eigenvalue weighted by Gasteiger charge is 2.20. The molecule has 0 saturated heterocycles. The van der Waals surface area contributed by atoms with Crippen LogP contribution in [0.25, 0.3) is 10.2 Å². The quantitative estimate of drug-likeness (QED) is 0.792. The Morgan fingerprint density at radius 3 is 2.96 bits per heavy atom. The molecule has 4 rings (SSSR count). The second kappa shape index (κ2) is 5.98. The first kappa shape index (κ1) is 15.3. The number of nitrogens with one attached hydrogen (secondary N) is 1. The number of hydrogen-bond donors (Lipinski definition) is 1. The van der Waals surface area contributed by atoms with Crippen LogP contribution in [0.1, 0.15) is 35.7 Å². The summed E-state index contributed by atoms with van der Waals surface area (Å²) in [4.78, 5) is 30.9. The lowest BCUT2D eigenvalue weighted by Crippen LogP contribution is -2.25. The van der Waals surface area contributed by atoms with E-state index in [1.54, 1.807) is 0 Å². The third-order valence-electron chi connectivity index (χ3n) is 4.39. The van der Waals surface area contributed by atoms with E-state index < -0.39 is 0 Å². The molecule has 0 saturated carbocycles. The summed E-state index contributed by atoms with van der Waals surface area (Å²) in [6.45, 7) is 2.45. The molecular weight excluding hydrogens is 322 g/mol. The first-order valence-electron chi connectivity index (χ1n) is 8.16. The Kier molecular flexibility index (Phi) is 3.80. The van der Waals surface area contributed by atoms with Crippen molar-refractivity contribution in [2.24, 2.45) is 0 Å². The van der Waals surface area contributed by atoms with Gasteiger partial charge in [-0.1, -0.05) is 0 Å². The zero-order chi connectivity index (χ0) is 16.7. The van der Waals surface area contributed by atoms with Crippen molar-refractivity contribution in [1.29, 1.82) is 0 Å². The van der Waals surface area contributed by atoms with Crippen molar-refractivity contribution in [3.63, 3.8) is 0 Å². The molecule has 0 atom stereocenters. The van der Waals surface area contributed by atoms with Crippen LogP contribution >= 0.6 is 11.3 Å². The summed E-state index contributed by atoms with van der Waals surface area (Å²) < 4.78 is 0.677. The zero-order valence-corrected chi connectivity index (χ0v) is 14.6. The first-order chi connectivity index (χ1) is 11.6. The third-order valence-corrected chi connectivity index (χ3v) is 5.29. The molecule has 0 fully saturated rings. The van der Waals surface area contributed by atoms with Gasteiger partial charge in [0.05, 0.1) is 12.1 Å². The lowest BCUT2D eigenvalue weighted by molar-refractivity contribution is 0.652. The van der Waals surface area contributed by atoms with Crippen molar-refractivity contribution < 1.29 is 0 Å². The van der Waals surface area contributed by atoms with Crippen molar-refractivity contribution in [3.05, 3.63) is 44.7 Å². The van der Waals surface area contributed by atoms with Gasteiger partial charge in [0.15, 0.2) is 0 Å². The minimum absolute atomic E-state index is 0.0701. The monoisotopic (exact) mass is 341 g/mol. The molecule has 6 nitrogen and oxygen atoms in total. The minimum Gasteiger partial charge on any atom is -0.352 e. The molecule has 0 bridgehead atoms. The van der Waals surface area contributed by atoms with E-state index in [2.05, 4.69) is 24.8 Å². The van der Waals surface area contributed by atoms with E-state index in [4.69, 9.17) is 0 Å². The Balaban J connectivity index is 1.69. The summed E-state index contributed by atoms with van der Waals surface area (Å²) >= 11 is 1.42. The van der Waals surface area contributed by atoms with Crippen LogP contribution in [0, 0.1) is 6.92 Å². The minimum atomic E-state index is -0.0701. The Bertz CT molecular complexity index is 961. The van der Waals surface area contributed by atoms with Gasteiger partial charge in [-0.25, -0.2) is 15.0 Å².